The molecule has 2 heterocycles. The van der Waals surface area contributed by atoms with Crippen molar-refractivity contribution in [3.63, 3.8) is 0 Å². The highest BCUT2D eigenvalue weighted by atomic mass is 32.2. The van der Waals surface area contributed by atoms with Crippen molar-refractivity contribution in [3.8, 4) is 0 Å². The Morgan fingerprint density at radius 3 is 2.68 bits per heavy atom. The molecule has 0 spiro atoms. The van der Waals surface area contributed by atoms with Crippen LogP contribution < -0.4 is 15.4 Å². The van der Waals surface area contributed by atoms with Crippen LogP contribution in [0.4, 0.5) is 23.0 Å². The third kappa shape index (κ3) is 4.15. The summed E-state index contributed by atoms with van der Waals surface area (Å²) in [4.78, 5) is 4.57. The van der Waals surface area contributed by atoms with E-state index >= 15 is 0 Å². The minimum absolute atomic E-state index is 0.353. The number of aromatic amines is 1. The molecule has 2 aromatic heterocycles. The molecule has 0 radical (unpaired) electrons. The van der Waals surface area contributed by atoms with Gasteiger partial charge in [0.05, 0.1) is 5.69 Å². The first-order valence-electron chi connectivity index (χ1n) is 8.93. The zero-order valence-corrected chi connectivity index (χ0v) is 16.4. The van der Waals surface area contributed by atoms with Gasteiger partial charge in [0.15, 0.2) is 5.82 Å². The van der Waals surface area contributed by atoms with E-state index < -0.39 is 10.2 Å². The maximum Gasteiger partial charge on any atom is 0.301 e. The van der Waals surface area contributed by atoms with E-state index in [-0.39, 0.29) is 0 Å². The summed E-state index contributed by atoms with van der Waals surface area (Å²) in [6, 6.07) is 8.93. The molecule has 1 saturated carbocycles. The summed E-state index contributed by atoms with van der Waals surface area (Å²) in [6.45, 7) is 0.861. The lowest BCUT2D eigenvalue weighted by Gasteiger charge is -2.17. The topological polar surface area (TPSA) is 128 Å². The highest BCUT2D eigenvalue weighted by molar-refractivity contribution is 7.90. The predicted octanol–water partition coefficient (Wildman–Crippen LogP) is 2.14. The number of hydrogen-bond donors (Lipinski definition) is 4. The highest BCUT2D eigenvalue weighted by Gasteiger charge is 2.21. The van der Waals surface area contributed by atoms with Gasteiger partial charge < -0.3 is 10.6 Å². The van der Waals surface area contributed by atoms with Gasteiger partial charge in [0.1, 0.15) is 16.9 Å². The van der Waals surface area contributed by atoms with Gasteiger partial charge in [0, 0.05) is 26.3 Å². The number of rotatable bonds is 8. The summed E-state index contributed by atoms with van der Waals surface area (Å²) in [5.74, 6) is 1.78. The van der Waals surface area contributed by atoms with E-state index in [0.29, 0.717) is 28.8 Å². The lowest BCUT2D eigenvalue weighted by atomic mass is 10.2. The minimum Gasteiger partial charge on any atom is -0.370 e. The summed E-state index contributed by atoms with van der Waals surface area (Å²) in [5.41, 5.74) is 2.51. The van der Waals surface area contributed by atoms with Gasteiger partial charge in [-0.15, -0.1) is 0 Å². The molecule has 0 saturated heterocycles. The first-order valence-corrected chi connectivity index (χ1v) is 10.4. The molecule has 1 fully saturated rings. The van der Waals surface area contributed by atoms with E-state index in [9.17, 15) is 8.42 Å². The molecule has 28 heavy (non-hydrogen) atoms. The standard InChI is InChI=1S/C17H22N8O2S/c1-25(2)28(26,27)23-14-7-8-16(18-10-11-3-4-11)20-17(14)19-12-5-6-13-15(9-12)22-24-21-13/h5-9,11,23H,3-4,10H2,1-2H3,(H2,18,19,20)(H,21,22,24). The van der Waals surface area contributed by atoms with E-state index in [4.69, 9.17) is 0 Å². The molecule has 0 atom stereocenters. The van der Waals surface area contributed by atoms with Crippen LogP contribution in [-0.2, 0) is 10.2 Å². The van der Waals surface area contributed by atoms with E-state index in [2.05, 4.69) is 35.8 Å². The highest BCUT2D eigenvalue weighted by Crippen LogP contribution is 2.30. The van der Waals surface area contributed by atoms with Gasteiger partial charge in [-0.25, -0.2) is 4.98 Å². The monoisotopic (exact) mass is 402 g/mol. The van der Waals surface area contributed by atoms with Crippen molar-refractivity contribution in [1.29, 1.82) is 0 Å². The smallest absolute Gasteiger partial charge is 0.301 e. The first-order chi connectivity index (χ1) is 13.4. The fourth-order valence-electron chi connectivity index (χ4n) is 2.59. The molecule has 0 aliphatic heterocycles. The van der Waals surface area contributed by atoms with Gasteiger partial charge in [-0.2, -0.15) is 28.1 Å². The minimum atomic E-state index is -3.66. The summed E-state index contributed by atoms with van der Waals surface area (Å²) >= 11 is 0. The Kier molecular flexibility index (Phi) is 4.77. The molecule has 4 rings (SSSR count). The number of H-pyrrole nitrogens is 1. The summed E-state index contributed by atoms with van der Waals surface area (Å²) in [6.07, 6.45) is 2.47. The number of pyridine rings is 1. The van der Waals surface area contributed by atoms with E-state index in [1.54, 1.807) is 12.1 Å². The molecule has 11 heteroatoms. The Labute approximate surface area is 162 Å². The number of benzene rings is 1. The molecule has 0 bridgehead atoms. The lowest BCUT2D eigenvalue weighted by molar-refractivity contribution is 0.527. The zero-order chi connectivity index (χ0) is 19.7. The molecule has 3 aromatic rings. The third-order valence-electron chi connectivity index (χ3n) is 4.46. The normalized spacial score (nSPS) is 14.4. The molecular formula is C17H22N8O2S. The quantitative estimate of drug-likeness (QED) is 0.454. The van der Waals surface area contributed by atoms with Crippen LogP contribution in [0.2, 0.25) is 0 Å². The van der Waals surface area contributed by atoms with E-state index in [1.165, 1.54) is 26.9 Å². The molecule has 4 N–H and O–H groups in total. The van der Waals surface area contributed by atoms with Crippen LogP contribution in [0.5, 0.6) is 0 Å². The summed E-state index contributed by atoms with van der Waals surface area (Å²) in [7, 11) is -0.734. The van der Waals surface area contributed by atoms with Gasteiger partial charge in [-0.05, 0) is 49.1 Å². The van der Waals surface area contributed by atoms with E-state index in [1.807, 2.05) is 18.2 Å². The summed E-state index contributed by atoms with van der Waals surface area (Å²) in [5, 5.41) is 17.2. The van der Waals surface area contributed by atoms with Gasteiger partial charge in [0.25, 0.3) is 0 Å². The second-order valence-corrected chi connectivity index (χ2v) is 8.84. The average molecular weight is 402 g/mol. The van der Waals surface area contributed by atoms with Crippen LogP contribution in [0.3, 0.4) is 0 Å². The molecule has 0 unspecified atom stereocenters. The Balaban J connectivity index is 1.64. The van der Waals surface area contributed by atoms with Gasteiger partial charge >= 0.3 is 10.2 Å². The molecule has 1 aliphatic rings. The van der Waals surface area contributed by atoms with Crippen LogP contribution in [-0.4, -0.2) is 53.8 Å². The van der Waals surface area contributed by atoms with Crippen LogP contribution in [0.1, 0.15) is 12.8 Å². The van der Waals surface area contributed by atoms with Crippen molar-refractivity contribution >= 4 is 44.3 Å². The molecule has 0 amide bonds. The van der Waals surface area contributed by atoms with E-state index in [0.717, 1.165) is 22.1 Å². The van der Waals surface area contributed by atoms with Crippen molar-refractivity contribution < 1.29 is 8.42 Å². The lowest BCUT2D eigenvalue weighted by Crippen LogP contribution is -2.29. The van der Waals surface area contributed by atoms with Crippen LogP contribution in [0.15, 0.2) is 30.3 Å². The number of nitrogens with zero attached hydrogens (tertiary/aromatic N) is 4. The largest absolute Gasteiger partial charge is 0.370 e. The van der Waals surface area contributed by atoms with Crippen molar-refractivity contribution in [2.24, 2.45) is 5.92 Å². The molecule has 10 nitrogen and oxygen atoms in total. The van der Waals surface area contributed by atoms with Crippen molar-refractivity contribution in [3.05, 3.63) is 30.3 Å². The average Bonchev–Trinajstić information content (AvgIpc) is 3.37. The van der Waals surface area contributed by atoms with Gasteiger partial charge in [-0.1, -0.05) is 0 Å². The summed E-state index contributed by atoms with van der Waals surface area (Å²) < 4.78 is 28.2. The molecule has 1 aromatic carbocycles. The first kappa shape index (κ1) is 18.4. The fraction of sp³-hybridized carbons (Fsp3) is 0.353. The van der Waals surface area contributed by atoms with Gasteiger partial charge in [0.2, 0.25) is 0 Å². The van der Waals surface area contributed by atoms with Crippen molar-refractivity contribution in [2.75, 3.05) is 36.0 Å². The van der Waals surface area contributed by atoms with Gasteiger partial charge in [-0.3, -0.25) is 4.72 Å². The second kappa shape index (κ2) is 7.24. The number of aromatic nitrogens is 4. The maximum atomic E-state index is 12.3. The maximum absolute atomic E-state index is 12.3. The number of anilines is 4. The zero-order valence-electron chi connectivity index (χ0n) is 15.6. The number of nitrogens with one attached hydrogen (secondary N) is 4. The molecular weight excluding hydrogens is 380 g/mol. The number of fused-ring (bicyclic) bond motifs is 1. The number of hydrogen-bond acceptors (Lipinski definition) is 7. The Hall–Kier alpha value is -2.92. The fourth-order valence-corrected chi connectivity index (χ4v) is 3.22. The predicted molar refractivity (Wildman–Crippen MR) is 109 cm³/mol. The van der Waals surface area contributed by atoms with Crippen molar-refractivity contribution in [2.45, 2.75) is 12.8 Å². The Morgan fingerprint density at radius 2 is 1.93 bits per heavy atom. The SMILES string of the molecule is CN(C)S(=O)(=O)Nc1ccc(NCC2CC2)nc1Nc1ccc2n[nH]nc2c1. The van der Waals surface area contributed by atoms with Crippen LogP contribution in [0.25, 0.3) is 11.0 Å². The van der Waals surface area contributed by atoms with Crippen LogP contribution in [0, 0.1) is 5.92 Å². The molecule has 1 aliphatic carbocycles. The second-order valence-electron chi connectivity index (χ2n) is 6.96. The van der Waals surface area contributed by atoms with Crippen LogP contribution >= 0.6 is 0 Å². The Morgan fingerprint density at radius 1 is 1.14 bits per heavy atom. The third-order valence-corrected chi connectivity index (χ3v) is 5.90. The molecule has 148 valence electrons. The Bertz CT molecular complexity index is 1090. The van der Waals surface area contributed by atoms with Crippen molar-refractivity contribution in [1.82, 2.24) is 24.7 Å².